The molecule has 2 saturated heterocycles. The summed E-state index contributed by atoms with van der Waals surface area (Å²) in [5, 5.41) is 30.8. The molecule has 10 rings (SSSR count). The molecule has 0 radical (unpaired) electrons. The summed E-state index contributed by atoms with van der Waals surface area (Å²) in [6.45, 7) is -8.65. The molecule has 0 bridgehead atoms. The molecule has 0 aliphatic carbocycles. The van der Waals surface area contributed by atoms with Gasteiger partial charge in [0.25, 0.3) is 20.0 Å². The number of anilines is 4. The predicted octanol–water partition coefficient (Wildman–Crippen LogP) is 9.51. The second kappa shape index (κ2) is 23.3. The van der Waals surface area contributed by atoms with Crippen LogP contribution in [0.1, 0.15) is 29.7 Å². The Morgan fingerprint density at radius 3 is 1.65 bits per heavy atom. The van der Waals surface area contributed by atoms with Crippen molar-refractivity contribution >= 4 is 48.8 Å². The van der Waals surface area contributed by atoms with E-state index in [2.05, 4.69) is 9.47 Å². The lowest BCUT2D eigenvalue weighted by Gasteiger charge is -2.52. The molecule has 1 unspecified atom stereocenters. The second-order valence-corrected chi connectivity index (χ2v) is 24.6. The van der Waals surface area contributed by atoms with E-state index in [4.69, 9.17) is 0 Å². The highest BCUT2D eigenvalue weighted by Crippen LogP contribution is 2.49. The fourth-order valence-electron chi connectivity index (χ4n) is 11.5. The zero-order valence-electron chi connectivity index (χ0n) is 44.6. The van der Waals surface area contributed by atoms with Crippen molar-refractivity contribution in [3.05, 3.63) is 144 Å². The Kier molecular flexibility index (Phi) is 16.7. The Hall–Kier alpha value is -7.51. The molecule has 0 aromatic heterocycles. The van der Waals surface area contributed by atoms with E-state index in [1.807, 2.05) is 0 Å². The number of aliphatic carboxylic acids is 1. The third-order valence-corrected chi connectivity index (χ3v) is 19.1. The lowest BCUT2D eigenvalue weighted by Crippen LogP contribution is -2.62. The number of carbonyl (C=O) groups is 1. The fourth-order valence-corrected chi connectivity index (χ4v) is 14.6. The van der Waals surface area contributed by atoms with Crippen LogP contribution in [0, 0.1) is 11.6 Å². The number of piperazine rings is 2. The number of rotatable bonds is 16. The lowest BCUT2D eigenvalue weighted by atomic mass is 9.92. The number of aliphatic hydroxyl groups is 2. The van der Waals surface area contributed by atoms with Crippen LogP contribution in [-0.4, -0.2) is 144 Å². The molecule has 4 aliphatic heterocycles. The molecule has 16 nitrogen and oxygen atoms in total. The van der Waals surface area contributed by atoms with Gasteiger partial charge in [0.1, 0.15) is 29.2 Å². The summed E-state index contributed by atoms with van der Waals surface area (Å²) in [5.74, 6) is -4.49. The van der Waals surface area contributed by atoms with Gasteiger partial charge >= 0.3 is 31.5 Å². The summed E-state index contributed by atoms with van der Waals surface area (Å²) < 4.78 is 244. The van der Waals surface area contributed by atoms with Gasteiger partial charge in [-0.2, -0.15) is 43.9 Å². The van der Waals surface area contributed by atoms with Crippen molar-refractivity contribution in [1.29, 1.82) is 0 Å². The minimum atomic E-state index is -5.38. The monoisotopic (exact) mass is 1260 g/mol. The summed E-state index contributed by atoms with van der Waals surface area (Å²) in [4.78, 5) is 16.5. The molecule has 4 aliphatic rings. The highest BCUT2D eigenvalue weighted by molar-refractivity contribution is 7.93. The maximum Gasteiger partial charge on any atom is 0.416 e. The van der Waals surface area contributed by atoms with E-state index in [1.165, 1.54) is 47.1 Å². The van der Waals surface area contributed by atoms with E-state index in [-0.39, 0.29) is 64.6 Å². The van der Waals surface area contributed by atoms with Gasteiger partial charge in [-0.3, -0.25) is 23.2 Å². The lowest BCUT2D eigenvalue weighted by molar-refractivity contribution is -0.143. The number of carboxylic acid groups (broad SMARTS) is 1. The molecule has 5 atom stereocenters. The number of fused-ring (bicyclic) bond motifs is 6. The van der Waals surface area contributed by atoms with Crippen LogP contribution in [0.4, 0.5) is 75.4 Å². The first kappa shape index (κ1) is 61.6. The van der Waals surface area contributed by atoms with Gasteiger partial charge in [-0.25, -0.2) is 25.6 Å². The van der Waals surface area contributed by atoms with E-state index in [9.17, 15) is 68.0 Å². The number of sulfonamides is 2. The number of alkyl halides is 10. The number of hydrogen-bond donors (Lipinski definition) is 3. The summed E-state index contributed by atoms with van der Waals surface area (Å²) in [7, 11) is -10.2. The molecule has 0 saturated carbocycles. The van der Waals surface area contributed by atoms with Gasteiger partial charge in [0.2, 0.25) is 0 Å². The van der Waals surface area contributed by atoms with E-state index in [0.29, 0.717) is 30.3 Å². The maximum atomic E-state index is 15.9. The molecule has 0 amide bonds. The average Bonchev–Trinajstić information content (AvgIpc) is 0.806. The zero-order valence-corrected chi connectivity index (χ0v) is 46.2. The Balaban J connectivity index is 1.08. The van der Waals surface area contributed by atoms with Crippen LogP contribution in [-0.2, 0) is 37.2 Å². The minimum absolute atomic E-state index is 0.0400. The van der Waals surface area contributed by atoms with E-state index in [1.54, 1.807) is 9.80 Å². The largest absolute Gasteiger partial charge is 0.480 e. The van der Waals surface area contributed by atoms with Gasteiger partial charge in [-0.05, 0) is 114 Å². The minimum Gasteiger partial charge on any atom is -0.480 e. The van der Waals surface area contributed by atoms with Gasteiger partial charge < -0.3 is 34.6 Å². The maximum absolute atomic E-state index is 15.9. The van der Waals surface area contributed by atoms with Crippen molar-refractivity contribution in [3.8, 4) is 33.8 Å². The van der Waals surface area contributed by atoms with Gasteiger partial charge in [0.15, 0.2) is 0 Å². The molecular formula is C56H50F12N6O10S2. The van der Waals surface area contributed by atoms with E-state index in [0.717, 1.165) is 63.2 Å². The molecule has 30 heteroatoms. The Morgan fingerprint density at radius 1 is 0.605 bits per heavy atom. The number of halogens is 12. The Labute approximate surface area is 483 Å². The number of aliphatic hydroxyl groups excluding tert-OH is 2. The topological polar surface area (TPSA) is 184 Å². The zero-order chi connectivity index (χ0) is 62.1. The molecule has 86 heavy (non-hydrogen) atoms. The van der Waals surface area contributed by atoms with Crippen LogP contribution < -0.4 is 27.9 Å². The highest BCUT2D eigenvalue weighted by atomic mass is 32.2. The van der Waals surface area contributed by atoms with Crippen molar-refractivity contribution in [3.63, 3.8) is 0 Å². The molecule has 2 fully saturated rings. The Morgan fingerprint density at radius 2 is 1.14 bits per heavy atom. The fraction of sp³-hybridized carbons (Fsp3) is 0.339. The van der Waals surface area contributed by atoms with Crippen molar-refractivity contribution in [2.45, 2.75) is 72.6 Å². The van der Waals surface area contributed by atoms with Crippen molar-refractivity contribution in [1.82, 2.24) is 9.80 Å². The van der Waals surface area contributed by atoms with Gasteiger partial charge in [-0.1, -0.05) is 24.3 Å². The number of β-amino-alcohol motifs (C(OH)–C–C–N with tert-alkyl or cyclic N) is 1. The number of benzene rings is 6. The molecule has 460 valence electrons. The summed E-state index contributed by atoms with van der Waals surface area (Å²) in [6, 6.07) is 13.6. The highest BCUT2D eigenvalue weighted by Gasteiger charge is 2.48. The van der Waals surface area contributed by atoms with Gasteiger partial charge in [0, 0.05) is 51.4 Å². The number of nitrogens with zero attached hydrogens (tertiary/aromatic N) is 6. The molecular weight excluding hydrogens is 1210 g/mol. The first-order chi connectivity index (χ1) is 40.4. The summed E-state index contributed by atoms with van der Waals surface area (Å²) >= 11 is 0. The van der Waals surface area contributed by atoms with Gasteiger partial charge in [0.05, 0.1) is 87.6 Å². The van der Waals surface area contributed by atoms with Crippen LogP contribution in [0.15, 0.2) is 125 Å². The first-order valence-corrected chi connectivity index (χ1v) is 29.1. The normalized spacial score (nSPS) is 19.4. The molecule has 4 heterocycles. The number of ether oxygens (including phenoxy) is 2. The summed E-state index contributed by atoms with van der Waals surface area (Å²) in [6.07, 6.45) is -12.0. The van der Waals surface area contributed by atoms with Crippen LogP contribution in [0.2, 0.25) is 0 Å². The third-order valence-electron chi connectivity index (χ3n) is 15.5. The Bertz CT molecular complexity index is 3810. The smallest absolute Gasteiger partial charge is 0.416 e. The van der Waals surface area contributed by atoms with E-state index >= 15 is 21.6 Å². The van der Waals surface area contributed by atoms with Crippen LogP contribution in [0.25, 0.3) is 22.3 Å². The molecule has 3 N–H and O–H groups in total. The standard InChI is InChI=1S/C56H50F12N6O10S2/c1-30(52(77)78)69-11-12-71-38(23-69)25-73(49-17-31(5-9-47(49)71)33-13-36(57)20-41(15-33)83-53(59)60)86(81,82)44-7-8-45(46(22-44)56(66,67)68)51-28-72-39(24-70(51)27-40(76)29-75)26-74(85(79,80)43-4-2-3-35(19-43)55(63,64)65)50-18-32(6-10-48(50)72)34-14-37(58)21-42(16-34)84-54(61)62/h2-10,13-22,30,38-40,51,53-54,75-76H,11-12,23-29H2,1H3,(H,77,78)/t30-,38-,39-,40-,51?/m0/s1. The molecule has 6 aromatic rings. The molecule has 6 aromatic carbocycles. The number of hydrogen-bond acceptors (Lipinski definition) is 13. The second-order valence-electron chi connectivity index (χ2n) is 20.8. The summed E-state index contributed by atoms with van der Waals surface area (Å²) in [5.41, 5.74) is -3.89. The predicted molar refractivity (Wildman–Crippen MR) is 287 cm³/mol. The van der Waals surface area contributed by atoms with Crippen LogP contribution in [0.5, 0.6) is 11.5 Å². The SMILES string of the molecule is C[C@@H](C(=O)O)N1CCN2c3ccc(-c4cc(F)cc(OC(F)F)c4)cc3N(S(=O)(=O)c3ccc(C4CN5c6ccc(-c7cc(F)cc(OC(F)F)c7)cc6N(S(=O)(=O)c6cccc(C(F)(F)F)c6)C[C@@H]5CN4C[C@H](O)CO)c(C(F)(F)F)c3)C[C@@H]2C1. The van der Waals surface area contributed by atoms with Gasteiger partial charge in [-0.15, -0.1) is 0 Å². The third kappa shape index (κ3) is 12.3. The number of carboxylic acids is 1. The van der Waals surface area contributed by atoms with Crippen molar-refractivity contribution in [2.75, 3.05) is 77.4 Å². The van der Waals surface area contributed by atoms with Crippen molar-refractivity contribution in [2.24, 2.45) is 0 Å². The van der Waals surface area contributed by atoms with Crippen molar-refractivity contribution < 1.29 is 99.1 Å². The average molecular weight is 1260 g/mol. The first-order valence-electron chi connectivity index (χ1n) is 26.2. The molecule has 0 spiro atoms. The van der Waals surface area contributed by atoms with E-state index < -0.39 is 171 Å². The quantitative estimate of drug-likeness (QED) is 0.0779. The van der Waals surface area contributed by atoms with Crippen LogP contribution in [0.3, 0.4) is 0 Å². The van der Waals surface area contributed by atoms with Crippen LogP contribution >= 0.6 is 0 Å².